The molecule has 0 atom stereocenters. The summed E-state index contributed by atoms with van der Waals surface area (Å²) in [6, 6.07) is 5.67. The smallest absolute Gasteiger partial charge is 0.236 e. The third kappa shape index (κ3) is 4.61. The van der Waals surface area contributed by atoms with Gasteiger partial charge in [-0.15, -0.1) is 0 Å². The maximum atomic E-state index is 12.2. The normalized spacial score (nSPS) is 14.5. The Bertz CT molecular complexity index is 583. The summed E-state index contributed by atoms with van der Waals surface area (Å²) in [5.74, 6) is 1.47. The number of methoxy groups -OCH3 is 2. The van der Waals surface area contributed by atoms with Crippen LogP contribution in [-0.4, -0.2) is 68.6 Å². The molecule has 1 aromatic rings. The van der Waals surface area contributed by atoms with E-state index in [4.69, 9.17) is 9.47 Å². The maximum Gasteiger partial charge on any atom is 0.236 e. The lowest BCUT2D eigenvalue weighted by molar-refractivity contribution is -0.137. The van der Waals surface area contributed by atoms with E-state index in [1.165, 1.54) is 0 Å². The molecule has 2 rings (SSSR count). The second-order valence-corrected chi connectivity index (χ2v) is 5.68. The standard InChI is InChI=1S/C17H25N3O4/c1-13(21)19-6-8-20(9-7-19)17(22)12-18-11-14-4-5-15(23-2)16(10-14)24-3/h4-5,10,18H,6-9,11-12H2,1-3H3. The summed E-state index contributed by atoms with van der Waals surface area (Å²) >= 11 is 0. The third-order valence-electron chi connectivity index (χ3n) is 4.13. The van der Waals surface area contributed by atoms with E-state index in [0.29, 0.717) is 44.2 Å². The van der Waals surface area contributed by atoms with E-state index in [9.17, 15) is 9.59 Å². The van der Waals surface area contributed by atoms with Crippen LogP contribution in [0.15, 0.2) is 18.2 Å². The molecular formula is C17H25N3O4. The van der Waals surface area contributed by atoms with Gasteiger partial charge in [0.05, 0.1) is 20.8 Å². The van der Waals surface area contributed by atoms with Gasteiger partial charge in [0.2, 0.25) is 11.8 Å². The molecule has 1 fully saturated rings. The van der Waals surface area contributed by atoms with Crippen molar-refractivity contribution in [1.29, 1.82) is 0 Å². The van der Waals surface area contributed by atoms with E-state index < -0.39 is 0 Å². The minimum Gasteiger partial charge on any atom is -0.493 e. The summed E-state index contributed by atoms with van der Waals surface area (Å²) in [6.07, 6.45) is 0. The monoisotopic (exact) mass is 335 g/mol. The molecule has 7 nitrogen and oxygen atoms in total. The van der Waals surface area contributed by atoms with E-state index in [0.717, 1.165) is 5.56 Å². The van der Waals surface area contributed by atoms with E-state index in [2.05, 4.69) is 5.32 Å². The molecule has 0 radical (unpaired) electrons. The second kappa shape index (κ2) is 8.54. The van der Waals surface area contributed by atoms with Gasteiger partial charge in [-0.3, -0.25) is 9.59 Å². The summed E-state index contributed by atoms with van der Waals surface area (Å²) in [4.78, 5) is 27.1. The molecule has 0 aliphatic carbocycles. The van der Waals surface area contributed by atoms with Crippen LogP contribution in [0.5, 0.6) is 11.5 Å². The van der Waals surface area contributed by atoms with Gasteiger partial charge in [0.25, 0.3) is 0 Å². The van der Waals surface area contributed by atoms with Gasteiger partial charge >= 0.3 is 0 Å². The lowest BCUT2D eigenvalue weighted by Crippen LogP contribution is -2.51. The van der Waals surface area contributed by atoms with Crippen molar-refractivity contribution >= 4 is 11.8 Å². The molecule has 1 aliphatic heterocycles. The van der Waals surface area contributed by atoms with Gasteiger partial charge < -0.3 is 24.6 Å². The van der Waals surface area contributed by atoms with Crippen LogP contribution >= 0.6 is 0 Å². The van der Waals surface area contributed by atoms with Crippen molar-refractivity contribution in [2.24, 2.45) is 0 Å². The van der Waals surface area contributed by atoms with Crippen LogP contribution < -0.4 is 14.8 Å². The molecule has 0 saturated carbocycles. The highest BCUT2D eigenvalue weighted by molar-refractivity contribution is 5.79. The Balaban J connectivity index is 1.78. The van der Waals surface area contributed by atoms with Crippen LogP contribution in [0.4, 0.5) is 0 Å². The fourth-order valence-electron chi connectivity index (χ4n) is 2.69. The Labute approximate surface area is 142 Å². The van der Waals surface area contributed by atoms with Gasteiger partial charge in [-0.25, -0.2) is 0 Å². The largest absolute Gasteiger partial charge is 0.493 e. The van der Waals surface area contributed by atoms with Crippen molar-refractivity contribution < 1.29 is 19.1 Å². The van der Waals surface area contributed by atoms with Gasteiger partial charge in [0.1, 0.15) is 0 Å². The highest BCUT2D eigenvalue weighted by Gasteiger charge is 2.21. The van der Waals surface area contributed by atoms with Gasteiger partial charge in [-0.2, -0.15) is 0 Å². The molecule has 0 aromatic heterocycles. The Morgan fingerprint density at radius 1 is 1.04 bits per heavy atom. The molecule has 1 N–H and O–H groups in total. The lowest BCUT2D eigenvalue weighted by atomic mass is 10.2. The molecule has 1 aromatic carbocycles. The van der Waals surface area contributed by atoms with E-state index in [-0.39, 0.29) is 18.4 Å². The van der Waals surface area contributed by atoms with Gasteiger partial charge in [0.15, 0.2) is 11.5 Å². The predicted octanol–water partition coefficient (Wildman–Crippen LogP) is 0.484. The number of carbonyl (C=O) groups is 2. The van der Waals surface area contributed by atoms with Crippen molar-refractivity contribution in [1.82, 2.24) is 15.1 Å². The fourth-order valence-corrected chi connectivity index (χ4v) is 2.69. The summed E-state index contributed by atoms with van der Waals surface area (Å²) in [5.41, 5.74) is 1.02. The Morgan fingerprint density at radius 3 is 2.25 bits per heavy atom. The van der Waals surface area contributed by atoms with Gasteiger partial charge in [0, 0.05) is 39.6 Å². The summed E-state index contributed by atoms with van der Waals surface area (Å²) in [7, 11) is 3.19. The summed E-state index contributed by atoms with van der Waals surface area (Å²) in [6.45, 7) is 4.80. The summed E-state index contributed by atoms with van der Waals surface area (Å²) < 4.78 is 10.5. The van der Waals surface area contributed by atoms with Crippen molar-refractivity contribution in [2.45, 2.75) is 13.5 Å². The van der Waals surface area contributed by atoms with Crippen LogP contribution in [0.2, 0.25) is 0 Å². The molecule has 24 heavy (non-hydrogen) atoms. The van der Waals surface area contributed by atoms with E-state index >= 15 is 0 Å². The van der Waals surface area contributed by atoms with Crippen molar-refractivity contribution in [3.05, 3.63) is 23.8 Å². The predicted molar refractivity (Wildman–Crippen MR) is 90.1 cm³/mol. The van der Waals surface area contributed by atoms with Crippen LogP contribution in [0, 0.1) is 0 Å². The number of hydrogen-bond acceptors (Lipinski definition) is 5. The van der Waals surface area contributed by atoms with Crippen molar-refractivity contribution in [2.75, 3.05) is 46.9 Å². The summed E-state index contributed by atoms with van der Waals surface area (Å²) in [5, 5.41) is 3.15. The fraction of sp³-hybridized carbons (Fsp3) is 0.529. The average molecular weight is 335 g/mol. The molecule has 1 saturated heterocycles. The van der Waals surface area contributed by atoms with Gasteiger partial charge in [-0.1, -0.05) is 6.07 Å². The molecule has 2 amide bonds. The zero-order valence-electron chi connectivity index (χ0n) is 14.5. The first-order chi connectivity index (χ1) is 11.5. The third-order valence-corrected chi connectivity index (χ3v) is 4.13. The van der Waals surface area contributed by atoms with Crippen LogP contribution in [0.25, 0.3) is 0 Å². The zero-order chi connectivity index (χ0) is 17.5. The number of carbonyl (C=O) groups excluding carboxylic acids is 2. The number of nitrogens with one attached hydrogen (secondary N) is 1. The number of hydrogen-bond donors (Lipinski definition) is 1. The lowest BCUT2D eigenvalue weighted by Gasteiger charge is -2.34. The zero-order valence-corrected chi connectivity index (χ0v) is 14.5. The highest BCUT2D eigenvalue weighted by atomic mass is 16.5. The molecule has 7 heteroatoms. The Kier molecular flexibility index (Phi) is 6.43. The molecular weight excluding hydrogens is 310 g/mol. The highest BCUT2D eigenvalue weighted by Crippen LogP contribution is 2.27. The van der Waals surface area contributed by atoms with E-state index in [1.807, 2.05) is 18.2 Å². The van der Waals surface area contributed by atoms with Gasteiger partial charge in [-0.05, 0) is 17.7 Å². The Hall–Kier alpha value is -2.28. The topological polar surface area (TPSA) is 71.1 Å². The molecule has 1 aliphatic rings. The number of benzene rings is 1. The van der Waals surface area contributed by atoms with Crippen LogP contribution in [0.1, 0.15) is 12.5 Å². The van der Waals surface area contributed by atoms with Crippen molar-refractivity contribution in [3.8, 4) is 11.5 Å². The van der Waals surface area contributed by atoms with Crippen LogP contribution in [-0.2, 0) is 16.1 Å². The van der Waals surface area contributed by atoms with E-state index in [1.54, 1.807) is 30.9 Å². The first-order valence-corrected chi connectivity index (χ1v) is 8.00. The van der Waals surface area contributed by atoms with Crippen molar-refractivity contribution in [3.63, 3.8) is 0 Å². The number of ether oxygens (including phenoxy) is 2. The molecule has 1 heterocycles. The first kappa shape index (κ1) is 18.1. The minimum absolute atomic E-state index is 0.0543. The minimum atomic E-state index is 0.0543. The quantitative estimate of drug-likeness (QED) is 0.819. The molecule has 0 bridgehead atoms. The average Bonchev–Trinajstić information content (AvgIpc) is 2.61. The number of nitrogens with zero attached hydrogens (tertiary/aromatic N) is 2. The molecule has 0 spiro atoms. The molecule has 132 valence electrons. The first-order valence-electron chi connectivity index (χ1n) is 8.00. The number of rotatable bonds is 6. The maximum absolute atomic E-state index is 12.2. The molecule has 0 unspecified atom stereocenters. The number of piperazine rings is 1. The Morgan fingerprint density at radius 2 is 1.67 bits per heavy atom. The number of amides is 2. The second-order valence-electron chi connectivity index (χ2n) is 5.68. The van der Waals surface area contributed by atoms with Crippen LogP contribution in [0.3, 0.4) is 0 Å². The SMILES string of the molecule is COc1ccc(CNCC(=O)N2CCN(C(C)=O)CC2)cc1OC.